The van der Waals surface area contributed by atoms with Gasteiger partial charge in [0.1, 0.15) is 11.5 Å². The lowest BCUT2D eigenvalue weighted by atomic mass is 10.2. The van der Waals surface area contributed by atoms with E-state index in [4.69, 9.17) is 0 Å². The second-order valence-corrected chi connectivity index (χ2v) is 6.84. The van der Waals surface area contributed by atoms with Crippen LogP contribution in [-0.2, 0) is 4.79 Å². The second kappa shape index (κ2) is 8.97. The van der Waals surface area contributed by atoms with Gasteiger partial charge in [-0.1, -0.05) is 36.4 Å². The van der Waals surface area contributed by atoms with E-state index in [1.54, 1.807) is 18.2 Å². The van der Waals surface area contributed by atoms with Crippen molar-refractivity contribution in [1.82, 2.24) is 15.3 Å². The van der Waals surface area contributed by atoms with Crippen LogP contribution in [0.3, 0.4) is 0 Å². The van der Waals surface area contributed by atoms with Gasteiger partial charge in [-0.05, 0) is 32.0 Å². The van der Waals surface area contributed by atoms with Crippen LogP contribution in [0.5, 0.6) is 0 Å². The fraction of sp³-hybridized carbons (Fsp3) is 0.182. The Morgan fingerprint density at radius 2 is 1.62 bits per heavy atom. The Morgan fingerprint density at radius 3 is 2.31 bits per heavy atom. The van der Waals surface area contributed by atoms with Gasteiger partial charge in [-0.15, -0.1) is 0 Å². The maximum atomic E-state index is 12.5. The van der Waals surface area contributed by atoms with Gasteiger partial charge in [0.2, 0.25) is 5.91 Å². The number of carbonyl (C=O) groups excluding carboxylic acids is 2. The van der Waals surface area contributed by atoms with Crippen molar-refractivity contribution in [2.45, 2.75) is 26.8 Å². The van der Waals surface area contributed by atoms with Gasteiger partial charge < -0.3 is 16.0 Å². The average molecular weight is 389 g/mol. The lowest BCUT2D eigenvalue weighted by Crippen LogP contribution is -2.31. The molecule has 0 atom stereocenters. The molecule has 0 unspecified atom stereocenters. The van der Waals surface area contributed by atoms with E-state index in [0.717, 1.165) is 11.3 Å². The van der Waals surface area contributed by atoms with Crippen molar-refractivity contribution in [3.63, 3.8) is 0 Å². The second-order valence-electron chi connectivity index (χ2n) is 6.84. The van der Waals surface area contributed by atoms with Crippen molar-refractivity contribution in [3.8, 4) is 11.4 Å². The molecule has 0 saturated heterocycles. The fourth-order valence-electron chi connectivity index (χ4n) is 2.71. The molecule has 1 aromatic heterocycles. The number of nitrogens with one attached hydrogen (secondary N) is 3. The van der Waals surface area contributed by atoms with Crippen LogP contribution >= 0.6 is 0 Å². The van der Waals surface area contributed by atoms with Crippen molar-refractivity contribution >= 4 is 29.0 Å². The van der Waals surface area contributed by atoms with Gasteiger partial charge in [0, 0.05) is 36.0 Å². The predicted octanol–water partition coefficient (Wildman–Crippen LogP) is 3.98. The van der Waals surface area contributed by atoms with Gasteiger partial charge >= 0.3 is 0 Å². The van der Waals surface area contributed by atoms with Crippen LogP contribution in [0.1, 0.15) is 31.3 Å². The summed E-state index contributed by atoms with van der Waals surface area (Å²) in [5.74, 6) is 0.507. The summed E-state index contributed by atoms with van der Waals surface area (Å²) in [7, 11) is 0. The summed E-state index contributed by atoms with van der Waals surface area (Å²) in [6, 6.07) is 18.3. The summed E-state index contributed by atoms with van der Waals surface area (Å²) in [6.07, 6.45) is 0. The van der Waals surface area contributed by atoms with E-state index in [1.807, 2.05) is 56.3 Å². The summed E-state index contributed by atoms with van der Waals surface area (Å²) >= 11 is 0. The van der Waals surface area contributed by atoms with E-state index in [-0.39, 0.29) is 23.6 Å². The molecule has 148 valence electrons. The Hall–Kier alpha value is -3.74. The monoisotopic (exact) mass is 389 g/mol. The molecule has 3 rings (SSSR count). The van der Waals surface area contributed by atoms with Crippen molar-refractivity contribution < 1.29 is 9.59 Å². The molecule has 3 N–H and O–H groups in total. The molecule has 2 aromatic carbocycles. The minimum Gasteiger partial charge on any atom is -0.349 e. The molecule has 0 saturated carbocycles. The SMILES string of the molecule is CC(=O)Nc1cccc(Nc2cc(C(=O)NC(C)C)nc(-c3ccccc3)n2)c1. The van der Waals surface area contributed by atoms with Crippen LogP contribution in [0, 0.1) is 0 Å². The molecule has 0 radical (unpaired) electrons. The molecular formula is C22H23N5O2. The summed E-state index contributed by atoms with van der Waals surface area (Å²) in [5.41, 5.74) is 2.47. The van der Waals surface area contributed by atoms with Gasteiger partial charge in [-0.2, -0.15) is 0 Å². The number of carbonyl (C=O) groups is 2. The number of anilines is 3. The molecule has 0 aliphatic carbocycles. The molecule has 0 bridgehead atoms. The average Bonchev–Trinajstić information content (AvgIpc) is 2.67. The Labute approximate surface area is 169 Å². The third-order valence-corrected chi connectivity index (χ3v) is 3.87. The Balaban J connectivity index is 1.97. The van der Waals surface area contributed by atoms with Gasteiger partial charge in [0.05, 0.1) is 0 Å². The first-order valence-corrected chi connectivity index (χ1v) is 9.31. The van der Waals surface area contributed by atoms with Crippen molar-refractivity contribution in [1.29, 1.82) is 0 Å². The highest BCUT2D eigenvalue weighted by molar-refractivity contribution is 5.94. The highest BCUT2D eigenvalue weighted by atomic mass is 16.2. The summed E-state index contributed by atoms with van der Waals surface area (Å²) in [6.45, 7) is 5.24. The highest BCUT2D eigenvalue weighted by Gasteiger charge is 2.14. The van der Waals surface area contributed by atoms with E-state index < -0.39 is 0 Å². The van der Waals surface area contributed by atoms with Crippen molar-refractivity contribution in [2.75, 3.05) is 10.6 Å². The number of benzene rings is 2. The third-order valence-electron chi connectivity index (χ3n) is 3.87. The van der Waals surface area contributed by atoms with E-state index >= 15 is 0 Å². The van der Waals surface area contributed by atoms with E-state index in [2.05, 4.69) is 25.9 Å². The number of hydrogen-bond acceptors (Lipinski definition) is 5. The maximum Gasteiger partial charge on any atom is 0.270 e. The van der Waals surface area contributed by atoms with Gasteiger partial charge in [-0.3, -0.25) is 9.59 Å². The van der Waals surface area contributed by atoms with Gasteiger partial charge in [-0.25, -0.2) is 9.97 Å². The fourth-order valence-corrected chi connectivity index (χ4v) is 2.71. The van der Waals surface area contributed by atoms with Crippen LogP contribution in [0.25, 0.3) is 11.4 Å². The number of aromatic nitrogens is 2. The normalized spacial score (nSPS) is 10.5. The number of hydrogen-bond donors (Lipinski definition) is 3. The first kappa shape index (κ1) is 20.0. The molecule has 7 nitrogen and oxygen atoms in total. The van der Waals surface area contributed by atoms with E-state index in [0.29, 0.717) is 17.3 Å². The van der Waals surface area contributed by atoms with Crippen molar-refractivity contribution in [2.24, 2.45) is 0 Å². The Morgan fingerprint density at radius 1 is 0.897 bits per heavy atom. The van der Waals surface area contributed by atoms with Crippen LogP contribution in [0.4, 0.5) is 17.2 Å². The molecule has 0 aliphatic heterocycles. The molecule has 2 amide bonds. The lowest BCUT2D eigenvalue weighted by molar-refractivity contribution is -0.114. The minimum absolute atomic E-state index is 0.0108. The number of rotatable bonds is 6. The largest absolute Gasteiger partial charge is 0.349 e. The molecule has 1 heterocycles. The predicted molar refractivity (Wildman–Crippen MR) is 114 cm³/mol. The lowest BCUT2D eigenvalue weighted by Gasteiger charge is -2.12. The maximum absolute atomic E-state index is 12.5. The highest BCUT2D eigenvalue weighted by Crippen LogP contribution is 2.22. The summed E-state index contributed by atoms with van der Waals surface area (Å²) < 4.78 is 0. The van der Waals surface area contributed by atoms with E-state index in [9.17, 15) is 9.59 Å². The first-order chi connectivity index (χ1) is 13.9. The topological polar surface area (TPSA) is 96.0 Å². The Bertz CT molecular complexity index is 1020. The van der Waals surface area contributed by atoms with Crippen molar-refractivity contribution in [3.05, 3.63) is 66.4 Å². The minimum atomic E-state index is -0.269. The van der Waals surface area contributed by atoms with Gasteiger partial charge in [0.25, 0.3) is 5.91 Å². The zero-order valence-corrected chi connectivity index (χ0v) is 16.6. The molecule has 0 fully saturated rings. The molecule has 7 heteroatoms. The zero-order valence-electron chi connectivity index (χ0n) is 16.6. The van der Waals surface area contributed by atoms with Crippen LogP contribution < -0.4 is 16.0 Å². The molecule has 0 aliphatic rings. The standard InChI is InChI=1S/C22H23N5O2/c1-14(2)23-22(29)19-13-20(27-21(26-19)16-8-5-4-6-9-16)25-18-11-7-10-17(12-18)24-15(3)28/h4-14H,1-3H3,(H,23,29)(H,24,28)(H,25,26,27). The number of amides is 2. The molecular weight excluding hydrogens is 366 g/mol. The molecule has 3 aromatic rings. The summed E-state index contributed by atoms with van der Waals surface area (Å²) in [4.78, 5) is 32.8. The number of nitrogens with zero attached hydrogens (tertiary/aromatic N) is 2. The van der Waals surface area contributed by atoms with Gasteiger partial charge in [0.15, 0.2) is 5.82 Å². The van der Waals surface area contributed by atoms with Crippen LogP contribution in [0.15, 0.2) is 60.7 Å². The smallest absolute Gasteiger partial charge is 0.270 e. The quantitative estimate of drug-likeness (QED) is 0.592. The first-order valence-electron chi connectivity index (χ1n) is 9.31. The van der Waals surface area contributed by atoms with Crippen LogP contribution in [0.2, 0.25) is 0 Å². The van der Waals surface area contributed by atoms with Crippen LogP contribution in [-0.4, -0.2) is 27.8 Å². The molecule has 0 spiro atoms. The summed E-state index contributed by atoms with van der Waals surface area (Å²) in [5, 5.41) is 8.79. The molecule has 29 heavy (non-hydrogen) atoms. The third kappa shape index (κ3) is 5.62. The Kier molecular flexibility index (Phi) is 6.19. The zero-order chi connectivity index (χ0) is 20.8. The van der Waals surface area contributed by atoms with E-state index in [1.165, 1.54) is 6.92 Å².